The van der Waals surface area contributed by atoms with Crippen LogP contribution < -0.4 is 20.1 Å². The second kappa shape index (κ2) is 12.1. The van der Waals surface area contributed by atoms with Gasteiger partial charge in [0.25, 0.3) is 5.91 Å². The van der Waals surface area contributed by atoms with Gasteiger partial charge in [-0.15, -0.1) is 0 Å². The van der Waals surface area contributed by atoms with Gasteiger partial charge in [-0.05, 0) is 68.1 Å². The summed E-state index contributed by atoms with van der Waals surface area (Å²) in [5.74, 6) is 0.671. The monoisotopic (exact) mass is 440 g/mol. The number of carbonyl (C=O) groups excluding carboxylic acids is 2. The molecule has 32 heavy (non-hydrogen) atoms. The minimum absolute atomic E-state index is 0.0850. The zero-order valence-electron chi connectivity index (χ0n) is 18.8. The molecule has 172 valence electrons. The van der Waals surface area contributed by atoms with Crippen LogP contribution in [-0.4, -0.2) is 44.3 Å². The maximum Gasteiger partial charge on any atom is 0.251 e. The van der Waals surface area contributed by atoms with E-state index in [4.69, 9.17) is 14.2 Å². The summed E-state index contributed by atoms with van der Waals surface area (Å²) >= 11 is 0. The van der Waals surface area contributed by atoms with Gasteiger partial charge in [-0.2, -0.15) is 0 Å². The summed E-state index contributed by atoms with van der Waals surface area (Å²) in [5.41, 5.74) is 2.07. The smallest absolute Gasteiger partial charge is 0.251 e. The second-order valence-corrected chi connectivity index (χ2v) is 7.90. The van der Waals surface area contributed by atoms with Crippen molar-refractivity contribution in [3.05, 3.63) is 53.6 Å². The molecule has 1 atom stereocenters. The van der Waals surface area contributed by atoms with Gasteiger partial charge in [0.2, 0.25) is 5.91 Å². The minimum atomic E-state index is -0.330. The van der Waals surface area contributed by atoms with Gasteiger partial charge < -0.3 is 24.8 Å². The highest BCUT2D eigenvalue weighted by atomic mass is 16.5. The van der Waals surface area contributed by atoms with Gasteiger partial charge in [-0.25, -0.2) is 0 Å². The van der Waals surface area contributed by atoms with Crippen molar-refractivity contribution < 1.29 is 23.8 Å². The third-order valence-corrected chi connectivity index (χ3v) is 5.15. The van der Waals surface area contributed by atoms with Crippen LogP contribution in [0.5, 0.6) is 11.5 Å². The molecule has 7 nitrogen and oxygen atoms in total. The molecule has 3 rings (SSSR count). The maximum absolute atomic E-state index is 12.4. The number of rotatable bonds is 11. The van der Waals surface area contributed by atoms with Gasteiger partial charge in [0.15, 0.2) is 0 Å². The molecule has 1 saturated heterocycles. The molecule has 0 bridgehead atoms. The van der Waals surface area contributed by atoms with Crippen LogP contribution in [0.2, 0.25) is 0 Å². The van der Waals surface area contributed by atoms with E-state index < -0.39 is 0 Å². The number of ether oxygens (including phenoxy) is 3. The molecule has 2 amide bonds. The Labute approximate surface area is 189 Å². The number of hydrogen-bond donors (Lipinski definition) is 2. The lowest BCUT2D eigenvalue weighted by molar-refractivity contribution is -0.115. The predicted octanol–water partition coefficient (Wildman–Crippen LogP) is 4.10. The number of hydrogen-bond acceptors (Lipinski definition) is 5. The van der Waals surface area contributed by atoms with E-state index in [1.807, 2.05) is 19.1 Å². The van der Waals surface area contributed by atoms with Crippen molar-refractivity contribution in [3.8, 4) is 11.5 Å². The van der Waals surface area contributed by atoms with E-state index in [-0.39, 0.29) is 24.5 Å². The first kappa shape index (κ1) is 23.6. The van der Waals surface area contributed by atoms with Crippen molar-refractivity contribution in [1.29, 1.82) is 0 Å². The Bertz CT molecular complexity index is 892. The average Bonchev–Trinajstić information content (AvgIpc) is 3.32. The quantitative estimate of drug-likeness (QED) is 0.514. The molecule has 1 aliphatic heterocycles. The van der Waals surface area contributed by atoms with E-state index in [0.717, 1.165) is 43.6 Å². The Morgan fingerprint density at radius 3 is 2.66 bits per heavy atom. The van der Waals surface area contributed by atoms with Crippen LogP contribution in [0.4, 0.5) is 5.69 Å². The number of anilines is 1. The van der Waals surface area contributed by atoms with Crippen LogP contribution in [-0.2, 0) is 9.53 Å². The van der Waals surface area contributed by atoms with Crippen LogP contribution in [0, 0.1) is 6.92 Å². The highest BCUT2D eigenvalue weighted by Gasteiger charge is 2.17. The number of carbonyl (C=O) groups is 2. The summed E-state index contributed by atoms with van der Waals surface area (Å²) in [6.07, 6.45) is 4.15. The van der Waals surface area contributed by atoms with Crippen molar-refractivity contribution >= 4 is 17.5 Å². The third kappa shape index (κ3) is 7.27. The lowest BCUT2D eigenvalue weighted by atomic mass is 10.2. The average molecular weight is 441 g/mol. The third-order valence-electron chi connectivity index (χ3n) is 5.15. The molecule has 0 radical (unpaired) electrons. The van der Waals surface area contributed by atoms with Crippen molar-refractivity contribution in [3.63, 3.8) is 0 Å². The summed E-state index contributed by atoms with van der Waals surface area (Å²) in [6.45, 7) is 5.78. The molecule has 2 aromatic rings. The SMILES string of the molecule is CCCCOc1ccc(C(=O)NCC(=O)Nc2ccc(C)cc2OCC2CCCO2)cc1. The van der Waals surface area contributed by atoms with Crippen LogP contribution in [0.1, 0.15) is 48.5 Å². The molecule has 0 spiro atoms. The summed E-state index contributed by atoms with van der Waals surface area (Å²) in [5, 5.41) is 5.46. The normalized spacial score (nSPS) is 15.2. The molecule has 0 aliphatic carbocycles. The van der Waals surface area contributed by atoms with Gasteiger partial charge in [-0.3, -0.25) is 9.59 Å². The van der Waals surface area contributed by atoms with Crippen LogP contribution in [0.15, 0.2) is 42.5 Å². The van der Waals surface area contributed by atoms with E-state index >= 15 is 0 Å². The number of amides is 2. The second-order valence-electron chi connectivity index (χ2n) is 7.90. The predicted molar refractivity (Wildman–Crippen MR) is 123 cm³/mol. The molecule has 0 saturated carbocycles. The first-order chi connectivity index (χ1) is 15.5. The maximum atomic E-state index is 12.4. The van der Waals surface area contributed by atoms with Crippen LogP contribution in [0.25, 0.3) is 0 Å². The van der Waals surface area contributed by atoms with E-state index in [1.54, 1.807) is 30.3 Å². The Hall–Kier alpha value is -3.06. The van der Waals surface area contributed by atoms with Gasteiger partial charge in [0, 0.05) is 12.2 Å². The molecule has 1 aliphatic rings. The Balaban J connectivity index is 1.49. The van der Waals surface area contributed by atoms with Gasteiger partial charge >= 0.3 is 0 Å². The molecule has 1 unspecified atom stereocenters. The standard InChI is InChI=1S/C25H32N2O5/c1-3-4-13-30-20-10-8-19(9-11-20)25(29)26-16-24(28)27-22-12-7-18(2)15-23(22)32-17-21-6-5-14-31-21/h7-12,15,21H,3-6,13-14,16-17H2,1-2H3,(H,26,29)(H,27,28). The highest BCUT2D eigenvalue weighted by molar-refractivity contribution is 5.99. The van der Waals surface area contributed by atoms with Crippen LogP contribution >= 0.6 is 0 Å². The first-order valence-electron chi connectivity index (χ1n) is 11.2. The van der Waals surface area contributed by atoms with E-state index in [2.05, 4.69) is 17.6 Å². The van der Waals surface area contributed by atoms with E-state index in [0.29, 0.717) is 30.2 Å². The first-order valence-corrected chi connectivity index (χ1v) is 11.2. The molecular weight excluding hydrogens is 408 g/mol. The van der Waals surface area contributed by atoms with E-state index in [9.17, 15) is 9.59 Å². The summed E-state index contributed by atoms with van der Waals surface area (Å²) in [4.78, 5) is 24.8. The summed E-state index contributed by atoms with van der Waals surface area (Å²) in [6, 6.07) is 12.5. The minimum Gasteiger partial charge on any atom is -0.494 e. The number of benzene rings is 2. The molecule has 0 aromatic heterocycles. The molecule has 1 fully saturated rings. The molecule has 7 heteroatoms. The van der Waals surface area contributed by atoms with Gasteiger partial charge in [0.05, 0.1) is 24.9 Å². The van der Waals surface area contributed by atoms with Crippen molar-refractivity contribution in [2.75, 3.05) is 31.7 Å². The zero-order valence-corrected chi connectivity index (χ0v) is 18.8. The van der Waals surface area contributed by atoms with Gasteiger partial charge in [-0.1, -0.05) is 19.4 Å². The lowest BCUT2D eigenvalue weighted by Gasteiger charge is -2.16. The fraction of sp³-hybridized carbons (Fsp3) is 0.440. The fourth-order valence-electron chi connectivity index (χ4n) is 3.30. The van der Waals surface area contributed by atoms with E-state index in [1.165, 1.54) is 0 Å². The van der Waals surface area contributed by atoms with Crippen molar-refractivity contribution in [2.24, 2.45) is 0 Å². The Kier molecular flexibility index (Phi) is 8.92. The zero-order chi connectivity index (χ0) is 22.8. The molecular formula is C25H32N2O5. The molecule has 1 heterocycles. The Morgan fingerprint density at radius 2 is 1.94 bits per heavy atom. The topological polar surface area (TPSA) is 85.9 Å². The van der Waals surface area contributed by atoms with Crippen molar-refractivity contribution in [1.82, 2.24) is 5.32 Å². The fourth-order valence-corrected chi connectivity index (χ4v) is 3.30. The number of nitrogens with one attached hydrogen (secondary N) is 2. The summed E-state index contributed by atoms with van der Waals surface area (Å²) in [7, 11) is 0. The Morgan fingerprint density at radius 1 is 1.12 bits per heavy atom. The van der Waals surface area contributed by atoms with Crippen molar-refractivity contribution in [2.45, 2.75) is 45.6 Å². The molecule has 2 aromatic carbocycles. The summed E-state index contributed by atoms with van der Waals surface area (Å²) < 4.78 is 17.1. The van der Waals surface area contributed by atoms with Gasteiger partial charge in [0.1, 0.15) is 18.1 Å². The largest absolute Gasteiger partial charge is 0.494 e. The number of aryl methyl sites for hydroxylation is 1. The molecule has 2 N–H and O–H groups in total. The highest BCUT2D eigenvalue weighted by Crippen LogP contribution is 2.27. The van der Waals surface area contributed by atoms with Crippen LogP contribution in [0.3, 0.4) is 0 Å². The lowest BCUT2D eigenvalue weighted by Crippen LogP contribution is -2.33. The number of unbranched alkanes of at least 4 members (excludes halogenated alkanes) is 1.